The first kappa shape index (κ1) is 7.35. The fourth-order valence-electron chi connectivity index (χ4n) is 1.39. The maximum Gasteiger partial charge on any atom is 0.217 e. The van der Waals surface area contributed by atoms with Gasteiger partial charge in [-0.1, -0.05) is 0 Å². The van der Waals surface area contributed by atoms with Gasteiger partial charge in [-0.25, -0.2) is 4.63 Å². The third-order valence-electron chi connectivity index (χ3n) is 2.02. The molecule has 6 nitrogen and oxygen atoms in total. The fourth-order valence-corrected chi connectivity index (χ4v) is 1.39. The molecule has 0 saturated carbocycles. The summed E-state index contributed by atoms with van der Waals surface area (Å²) in [5.41, 5.74) is 11.2. The largest absolute Gasteiger partial charge is 0.378 e. The number of hydrogen-bond donors (Lipinski definition) is 2. The van der Waals surface area contributed by atoms with Crippen LogP contribution >= 0.6 is 0 Å². The van der Waals surface area contributed by atoms with E-state index in [9.17, 15) is 0 Å². The van der Waals surface area contributed by atoms with E-state index in [4.69, 9.17) is 11.5 Å². The molecule has 0 aromatic carbocycles. The first-order chi connectivity index (χ1) is 5.77. The van der Waals surface area contributed by atoms with Gasteiger partial charge in [0.2, 0.25) is 11.6 Å². The summed E-state index contributed by atoms with van der Waals surface area (Å²) in [6.45, 7) is 1.65. The zero-order valence-electron chi connectivity index (χ0n) is 6.60. The minimum absolute atomic E-state index is 0.209. The van der Waals surface area contributed by atoms with Gasteiger partial charge in [0.05, 0.1) is 0 Å². The summed E-state index contributed by atoms with van der Waals surface area (Å²) < 4.78 is 4.49. The average Bonchev–Trinajstić information content (AvgIpc) is 2.58. The van der Waals surface area contributed by atoms with Crippen molar-refractivity contribution in [2.75, 3.05) is 23.7 Å². The average molecular weight is 169 g/mol. The van der Waals surface area contributed by atoms with E-state index in [0.29, 0.717) is 11.6 Å². The van der Waals surface area contributed by atoms with Crippen molar-refractivity contribution in [2.24, 2.45) is 5.73 Å². The minimum Gasteiger partial charge on any atom is -0.378 e. The topological polar surface area (TPSA) is 94.2 Å². The van der Waals surface area contributed by atoms with Crippen LogP contribution in [0.25, 0.3) is 0 Å². The van der Waals surface area contributed by atoms with Crippen LogP contribution in [0.4, 0.5) is 11.6 Å². The van der Waals surface area contributed by atoms with Gasteiger partial charge in [-0.15, -0.1) is 0 Å². The number of nitrogens with zero attached hydrogens (tertiary/aromatic N) is 3. The van der Waals surface area contributed by atoms with E-state index in [1.807, 2.05) is 4.90 Å². The second-order valence-corrected chi connectivity index (χ2v) is 2.97. The molecule has 1 saturated heterocycles. The second kappa shape index (κ2) is 2.63. The summed E-state index contributed by atoms with van der Waals surface area (Å²) in [4.78, 5) is 1.98. The third-order valence-corrected chi connectivity index (χ3v) is 2.02. The van der Waals surface area contributed by atoms with Gasteiger partial charge in [0.25, 0.3) is 0 Å². The zero-order chi connectivity index (χ0) is 8.55. The molecule has 0 amide bonds. The summed E-state index contributed by atoms with van der Waals surface area (Å²) in [6, 6.07) is 0.209. The fraction of sp³-hybridized carbons (Fsp3) is 0.667. The van der Waals surface area contributed by atoms with E-state index >= 15 is 0 Å². The number of nitrogens with two attached hydrogens (primary N) is 2. The molecule has 1 aromatic rings. The molecule has 0 bridgehead atoms. The maximum atomic E-state index is 5.72. The second-order valence-electron chi connectivity index (χ2n) is 2.97. The van der Waals surface area contributed by atoms with E-state index in [2.05, 4.69) is 14.9 Å². The molecule has 1 aromatic heterocycles. The number of nitrogen functional groups attached to an aromatic ring is 1. The highest BCUT2D eigenvalue weighted by atomic mass is 16.6. The Kier molecular flexibility index (Phi) is 1.61. The van der Waals surface area contributed by atoms with Gasteiger partial charge < -0.3 is 16.4 Å². The smallest absolute Gasteiger partial charge is 0.217 e. The van der Waals surface area contributed by atoms with Crippen molar-refractivity contribution in [3.05, 3.63) is 0 Å². The molecule has 4 N–H and O–H groups in total. The highest BCUT2D eigenvalue weighted by Crippen LogP contribution is 2.21. The van der Waals surface area contributed by atoms with Crippen molar-refractivity contribution in [2.45, 2.75) is 12.5 Å². The van der Waals surface area contributed by atoms with Crippen molar-refractivity contribution in [1.82, 2.24) is 10.3 Å². The van der Waals surface area contributed by atoms with Crippen LogP contribution in [0.15, 0.2) is 4.63 Å². The standard InChI is InChI=1S/C6H11N5O/c7-4-1-2-11(3-4)6-5(8)9-12-10-6/h4H,1-3,7H2,(H2,8,9). The number of aromatic nitrogens is 2. The normalized spacial score (nSPS) is 23.4. The van der Waals surface area contributed by atoms with Crippen LogP contribution < -0.4 is 16.4 Å². The van der Waals surface area contributed by atoms with Crippen LogP contribution in [0.5, 0.6) is 0 Å². The summed E-state index contributed by atoms with van der Waals surface area (Å²) >= 11 is 0. The number of rotatable bonds is 1. The van der Waals surface area contributed by atoms with E-state index < -0.39 is 0 Å². The predicted molar refractivity (Wildman–Crippen MR) is 43.5 cm³/mol. The maximum absolute atomic E-state index is 5.72. The Labute approximate surface area is 69.5 Å². The van der Waals surface area contributed by atoms with Crippen molar-refractivity contribution in [3.8, 4) is 0 Å². The molecule has 2 heterocycles. The molecule has 12 heavy (non-hydrogen) atoms. The quantitative estimate of drug-likeness (QED) is 0.571. The van der Waals surface area contributed by atoms with Crippen molar-refractivity contribution in [3.63, 3.8) is 0 Å². The minimum atomic E-state index is 0.209. The summed E-state index contributed by atoms with van der Waals surface area (Å²) in [5, 5.41) is 7.19. The Morgan fingerprint density at radius 2 is 2.33 bits per heavy atom. The number of hydrogen-bond acceptors (Lipinski definition) is 6. The van der Waals surface area contributed by atoms with Gasteiger partial charge in [-0.2, -0.15) is 0 Å². The van der Waals surface area contributed by atoms with Crippen LogP contribution in [-0.4, -0.2) is 29.4 Å². The Morgan fingerprint density at radius 1 is 1.50 bits per heavy atom. The van der Waals surface area contributed by atoms with Crippen molar-refractivity contribution < 1.29 is 4.63 Å². The van der Waals surface area contributed by atoms with Crippen LogP contribution in [0.3, 0.4) is 0 Å². The lowest BCUT2D eigenvalue weighted by molar-refractivity contribution is 0.309. The molecule has 66 valence electrons. The van der Waals surface area contributed by atoms with Gasteiger partial charge in [-0.3, -0.25) is 0 Å². The molecule has 1 fully saturated rings. The summed E-state index contributed by atoms with van der Waals surface area (Å²) in [5.74, 6) is 0.951. The van der Waals surface area contributed by atoms with Crippen molar-refractivity contribution >= 4 is 11.6 Å². The molecule has 2 rings (SSSR count). The van der Waals surface area contributed by atoms with Gasteiger partial charge in [0, 0.05) is 19.1 Å². The van der Waals surface area contributed by atoms with E-state index in [0.717, 1.165) is 19.5 Å². The van der Waals surface area contributed by atoms with Gasteiger partial charge in [0.15, 0.2) is 0 Å². The first-order valence-corrected chi connectivity index (χ1v) is 3.86. The lowest BCUT2D eigenvalue weighted by atomic mass is 10.3. The number of anilines is 2. The molecule has 0 spiro atoms. The predicted octanol–water partition coefficient (Wildman–Crippen LogP) is -0.811. The Bertz CT molecular complexity index is 273. The first-order valence-electron chi connectivity index (χ1n) is 3.86. The van der Waals surface area contributed by atoms with Crippen LogP contribution in [0, 0.1) is 0 Å². The highest BCUT2D eigenvalue weighted by molar-refractivity contribution is 5.56. The SMILES string of the molecule is Nc1nonc1N1CCC(N)C1. The molecule has 1 aliphatic rings. The molecule has 1 atom stereocenters. The van der Waals surface area contributed by atoms with Crippen LogP contribution in [0.1, 0.15) is 6.42 Å². The zero-order valence-corrected chi connectivity index (χ0v) is 6.60. The lowest BCUT2D eigenvalue weighted by Crippen LogP contribution is -2.26. The third kappa shape index (κ3) is 1.10. The summed E-state index contributed by atoms with van der Waals surface area (Å²) in [6.07, 6.45) is 0.965. The van der Waals surface area contributed by atoms with Gasteiger partial charge in [-0.05, 0) is 16.7 Å². The molecule has 1 unspecified atom stereocenters. The van der Waals surface area contributed by atoms with E-state index in [-0.39, 0.29) is 6.04 Å². The Hall–Kier alpha value is -1.30. The van der Waals surface area contributed by atoms with E-state index in [1.54, 1.807) is 0 Å². The molecule has 0 radical (unpaired) electrons. The Morgan fingerprint density at radius 3 is 2.83 bits per heavy atom. The van der Waals surface area contributed by atoms with Crippen LogP contribution in [-0.2, 0) is 0 Å². The molecule has 0 aliphatic carbocycles. The molecule has 1 aliphatic heterocycles. The van der Waals surface area contributed by atoms with Gasteiger partial charge >= 0.3 is 0 Å². The van der Waals surface area contributed by atoms with Gasteiger partial charge in [0.1, 0.15) is 0 Å². The lowest BCUT2D eigenvalue weighted by Gasteiger charge is -2.12. The molecular formula is C6H11N5O. The monoisotopic (exact) mass is 169 g/mol. The molecule has 6 heteroatoms. The van der Waals surface area contributed by atoms with Crippen LogP contribution in [0.2, 0.25) is 0 Å². The van der Waals surface area contributed by atoms with E-state index in [1.165, 1.54) is 0 Å². The van der Waals surface area contributed by atoms with Crippen molar-refractivity contribution in [1.29, 1.82) is 0 Å². The molecular weight excluding hydrogens is 158 g/mol. The highest BCUT2D eigenvalue weighted by Gasteiger charge is 2.23. The Balaban J connectivity index is 2.16. The summed E-state index contributed by atoms with van der Waals surface area (Å²) in [7, 11) is 0.